The van der Waals surface area contributed by atoms with Crippen LogP contribution in [0.1, 0.15) is 25.8 Å². The molecule has 13 heteroatoms. The molecule has 0 unspecified atom stereocenters. The molecule has 2 heterocycles. The van der Waals surface area contributed by atoms with Gasteiger partial charge in [0.25, 0.3) is 17.4 Å². The summed E-state index contributed by atoms with van der Waals surface area (Å²) in [5.41, 5.74) is -4.46. The van der Waals surface area contributed by atoms with E-state index in [0.29, 0.717) is 19.6 Å². The average Bonchev–Trinajstić information content (AvgIpc) is 2.81. The Morgan fingerprint density at radius 2 is 1.86 bits per heavy atom. The van der Waals surface area contributed by atoms with Crippen LogP contribution in [0.5, 0.6) is 5.75 Å². The Labute approximate surface area is 203 Å². The maximum Gasteiger partial charge on any atom is 0.573 e. The monoisotopic (exact) mass is 518 g/mol. The molecule has 1 aliphatic heterocycles. The molecule has 1 N–H and O–H groups in total. The number of ether oxygens (including phenoxy) is 2. The minimum atomic E-state index is -4.94. The van der Waals surface area contributed by atoms with Crippen LogP contribution in [0.15, 0.2) is 43.0 Å². The molecule has 190 valence electrons. The fraction of sp³-hybridized carbons (Fsp3) is 0.455. The Morgan fingerprint density at radius 3 is 2.40 bits per heavy atom. The van der Waals surface area contributed by atoms with Crippen LogP contribution in [0.3, 0.4) is 0 Å². The van der Waals surface area contributed by atoms with Gasteiger partial charge < -0.3 is 14.8 Å². The smallest absolute Gasteiger partial charge is 0.406 e. The van der Waals surface area contributed by atoms with Gasteiger partial charge >= 0.3 is 6.36 Å². The predicted molar refractivity (Wildman–Crippen MR) is 117 cm³/mol. The van der Waals surface area contributed by atoms with E-state index in [4.69, 9.17) is 16.3 Å². The van der Waals surface area contributed by atoms with Crippen LogP contribution in [0.4, 0.5) is 23.2 Å². The molecule has 35 heavy (non-hydrogen) atoms. The first-order valence-corrected chi connectivity index (χ1v) is 11.0. The molecule has 8 nitrogen and oxygen atoms in total. The number of carbonyl (C=O) groups excluding carboxylic acids is 2. The second-order valence-electron chi connectivity index (χ2n) is 8.14. The van der Waals surface area contributed by atoms with Crippen molar-refractivity contribution < 1.29 is 36.6 Å². The van der Waals surface area contributed by atoms with Crippen LogP contribution in [0, 0.1) is 5.92 Å². The summed E-state index contributed by atoms with van der Waals surface area (Å²) in [6.45, 7) is 4.06. The number of hydrogen-bond donors (Lipinski definition) is 1. The van der Waals surface area contributed by atoms with E-state index in [-0.39, 0.29) is 23.2 Å². The molecule has 0 spiro atoms. The lowest BCUT2D eigenvalue weighted by atomic mass is 9.88. The van der Waals surface area contributed by atoms with Crippen molar-refractivity contribution in [2.24, 2.45) is 5.92 Å². The van der Waals surface area contributed by atoms with E-state index in [9.17, 15) is 27.2 Å². The van der Waals surface area contributed by atoms with Gasteiger partial charge in [0.2, 0.25) is 0 Å². The minimum Gasteiger partial charge on any atom is -0.406 e. The fourth-order valence-corrected chi connectivity index (χ4v) is 3.91. The van der Waals surface area contributed by atoms with Crippen molar-refractivity contribution in [1.29, 1.82) is 0 Å². The Morgan fingerprint density at radius 1 is 1.23 bits per heavy atom. The van der Waals surface area contributed by atoms with Gasteiger partial charge in [0.15, 0.2) is 5.54 Å². The molecule has 1 fully saturated rings. The standard InChI is InChI=1S/C22H23ClF4N4O4/c1-13-11-34-8-7-17(13)30-20(33)21(2,14-9-28-12-29-10-14)31(19(32)18(23)24)15-3-5-16(6-4-15)35-22(25,26)27/h3-6,9-10,12-13,17-18H,7-8,11H2,1-2H3,(H,30,33)/t13-,17+,18+,21+/m1/s1. The normalized spacial score (nSPS) is 20.9. The number of aromatic nitrogens is 2. The summed E-state index contributed by atoms with van der Waals surface area (Å²) >= 11 is 5.49. The van der Waals surface area contributed by atoms with E-state index in [1.807, 2.05) is 6.92 Å². The van der Waals surface area contributed by atoms with Crippen LogP contribution >= 0.6 is 11.6 Å². The quantitative estimate of drug-likeness (QED) is 0.444. The highest BCUT2D eigenvalue weighted by molar-refractivity contribution is 6.32. The van der Waals surface area contributed by atoms with E-state index in [2.05, 4.69) is 20.0 Å². The number of nitrogens with zero attached hydrogens (tertiary/aromatic N) is 3. The molecule has 2 amide bonds. The lowest BCUT2D eigenvalue weighted by molar-refractivity contribution is -0.274. The Kier molecular flexibility index (Phi) is 8.16. The lowest BCUT2D eigenvalue weighted by Gasteiger charge is -2.42. The number of anilines is 1. The summed E-state index contributed by atoms with van der Waals surface area (Å²) in [6.07, 6.45) is -0.663. The third kappa shape index (κ3) is 6.17. The molecular weight excluding hydrogens is 496 g/mol. The van der Waals surface area contributed by atoms with Crippen molar-refractivity contribution in [2.75, 3.05) is 18.1 Å². The fourth-order valence-electron chi connectivity index (χ4n) is 3.82. The number of hydrogen-bond acceptors (Lipinski definition) is 6. The van der Waals surface area contributed by atoms with Gasteiger partial charge in [-0.2, -0.15) is 0 Å². The highest BCUT2D eigenvalue weighted by Crippen LogP contribution is 2.36. The van der Waals surface area contributed by atoms with E-state index >= 15 is 0 Å². The van der Waals surface area contributed by atoms with E-state index in [1.165, 1.54) is 25.6 Å². The average molecular weight is 519 g/mol. The molecule has 1 aliphatic rings. The summed E-state index contributed by atoms with van der Waals surface area (Å²) in [5.74, 6) is -2.61. The zero-order valence-electron chi connectivity index (χ0n) is 18.8. The van der Waals surface area contributed by atoms with Crippen molar-refractivity contribution in [3.8, 4) is 5.75 Å². The summed E-state index contributed by atoms with van der Waals surface area (Å²) in [7, 11) is 0. The maximum atomic E-state index is 14.2. The molecule has 0 aliphatic carbocycles. The highest BCUT2D eigenvalue weighted by atomic mass is 35.5. The van der Waals surface area contributed by atoms with Crippen molar-refractivity contribution in [3.05, 3.63) is 48.5 Å². The molecule has 1 aromatic carbocycles. The molecule has 0 radical (unpaired) electrons. The van der Waals surface area contributed by atoms with Crippen molar-refractivity contribution in [2.45, 2.75) is 43.8 Å². The summed E-state index contributed by atoms with van der Waals surface area (Å²) in [5, 5.41) is 2.89. The van der Waals surface area contributed by atoms with E-state index < -0.39 is 35.1 Å². The van der Waals surface area contributed by atoms with Crippen molar-refractivity contribution in [1.82, 2.24) is 15.3 Å². The highest BCUT2D eigenvalue weighted by Gasteiger charge is 2.48. The van der Waals surface area contributed by atoms with Crippen molar-refractivity contribution >= 4 is 29.1 Å². The first kappa shape index (κ1) is 26.6. The van der Waals surface area contributed by atoms with Gasteiger partial charge in [-0.15, -0.1) is 13.2 Å². The van der Waals surface area contributed by atoms with Gasteiger partial charge in [0, 0.05) is 36.3 Å². The predicted octanol–water partition coefficient (Wildman–Crippen LogP) is 3.70. The molecule has 2 aromatic rings. The Balaban J connectivity index is 2.08. The zero-order chi connectivity index (χ0) is 25.8. The molecule has 0 bridgehead atoms. The molecule has 1 aromatic heterocycles. The molecule has 1 saturated heterocycles. The SMILES string of the molecule is C[C@@H]1COCC[C@@H]1NC(=O)[C@](C)(c1cncnc1)N(C(=O)[C@H](F)Cl)c1ccc(OC(F)(F)F)cc1. The topological polar surface area (TPSA) is 93.6 Å². The molecule has 0 saturated carbocycles. The maximum absolute atomic E-state index is 14.2. The number of nitrogens with one attached hydrogen (secondary N) is 1. The number of alkyl halides is 5. The van der Waals surface area contributed by atoms with Crippen LogP contribution in [-0.2, 0) is 19.9 Å². The number of halogens is 5. The van der Waals surface area contributed by atoms with Crippen LogP contribution in [0.25, 0.3) is 0 Å². The van der Waals surface area contributed by atoms with Gasteiger partial charge in [-0.1, -0.05) is 18.5 Å². The third-order valence-corrected chi connectivity index (χ3v) is 5.89. The minimum absolute atomic E-state index is 0.0473. The first-order valence-electron chi connectivity index (χ1n) is 10.6. The third-order valence-electron chi connectivity index (χ3n) is 5.70. The van der Waals surface area contributed by atoms with E-state index in [0.717, 1.165) is 29.2 Å². The van der Waals surface area contributed by atoms with Gasteiger partial charge in [-0.05, 0) is 43.5 Å². The van der Waals surface area contributed by atoms with Gasteiger partial charge in [0.05, 0.1) is 6.61 Å². The van der Waals surface area contributed by atoms with Crippen LogP contribution < -0.4 is 15.0 Å². The summed E-state index contributed by atoms with van der Waals surface area (Å²) < 4.78 is 61.2. The number of carbonyl (C=O) groups is 2. The van der Waals surface area contributed by atoms with Crippen LogP contribution in [0.2, 0.25) is 0 Å². The zero-order valence-corrected chi connectivity index (χ0v) is 19.5. The van der Waals surface area contributed by atoms with Crippen molar-refractivity contribution in [3.63, 3.8) is 0 Å². The largest absolute Gasteiger partial charge is 0.573 e. The van der Waals surface area contributed by atoms with E-state index in [1.54, 1.807) is 0 Å². The molecular formula is C22H23ClF4N4O4. The number of amides is 2. The molecule has 3 rings (SSSR count). The second-order valence-corrected chi connectivity index (χ2v) is 8.52. The second kappa shape index (κ2) is 10.7. The van der Waals surface area contributed by atoms with Crippen LogP contribution in [-0.4, -0.2) is 53.0 Å². The van der Waals surface area contributed by atoms with Gasteiger partial charge in [-0.3, -0.25) is 14.5 Å². The summed E-state index contributed by atoms with van der Waals surface area (Å²) in [4.78, 5) is 35.3. The number of benzene rings is 1. The first-order chi connectivity index (χ1) is 16.4. The number of rotatable bonds is 7. The van der Waals surface area contributed by atoms with Gasteiger partial charge in [-0.25, -0.2) is 14.4 Å². The van der Waals surface area contributed by atoms with Gasteiger partial charge in [0.1, 0.15) is 12.1 Å². The summed E-state index contributed by atoms with van der Waals surface area (Å²) in [6, 6.07) is 3.74. The molecule has 4 atom stereocenters. The Hall–Kier alpha value is -2.99. The lowest BCUT2D eigenvalue weighted by Crippen LogP contribution is -2.61. The Bertz CT molecular complexity index is 1030.